The van der Waals surface area contributed by atoms with Gasteiger partial charge in [-0.2, -0.15) is 0 Å². The first-order valence-corrected chi connectivity index (χ1v) is 9.45. The number of rotatable bonds is 4. The summed E-state index contributed by atoms with van der Waals surface area (Å²) >= 11 is 0. The fourth-order valence-corrected chi connectivity index (χ4v) is 3.77. The van der Waals surface area contributed by atoms with Crippen molar-refractivity contribution in [2.45, 2.75) is 26.3 Å². The molecule has 0 atom stereocenters. The van der Waals surface area contributed by atoms with E-state index < -0.39 is 0 Å². The molecule has 1 aromatic heterocycles. The SMILES string of the molecule is CC1CCN(C2=C(c3ccccc3)C(=O)N(Cc3ccncc3)C2=O)CC1. The van der Waals surface area contributed by atoms with Crippen LogP contribution in [0, 0.1) is 5.92 Å². The van der Waals surface area contributed by atoms with Crippen molar-refractivity contribution in [1.29, 1.82) is 0 Å². The molecular formula is C22H23N3O2. The third-order valence-corrected chi connectivity index (χ3v) is 5.40. The molecule has 1 fully saturated rings. The molecule has 5 nitrogen and oxygen atoms in total. The molecule has 0 bridgehead atoms. The van der Waals surface area contributed by atoms with Crippen LogP contribution in [0.1, 0.15) is 30.9 Å². The van der Waals surface area contributed by atoms with Crippen molar-refractivity contribution in [1.82, 2.24) is 14.8 Å². The molecule has 2 amide bonds. The first kappa shape index (κ1) is 17.5. The Morgan fingerprint density at radius 1 is 0.963 bits per heavy atom. The fraction of sp³-hybridized carbons (Fsp3) is 0.318. The quantitative estimate of drug-likeness (QED) is 0.786. The summed E-state index contributed by atoms with van der Waals surface area (Å²) in [6.07, 6.45) is 5.44. The molecule has 0 unspecified atom stereocenters. The van der Waals surface area contributed by atoms with Gasteiger partial charge in [0.15, 0.2) is 0 Å². The van der Waals surface area contributed by atoms with Crippen molar-refractivity contribution in [3.63, 3.8) is 0 Å². The molecule has 0 spiro atoms. The summed E-state index contributed by atoms with van der Waals surface area (Å²) in [7, 11) is 0. The average Bonchev–Trinajstić information content (AvgIpc) is 2.95. The maximum atomic E-state index is 13.3. The minimum atomic E-state index is -0.211. The monoisotopic (exact) mass is 361 g/mol. The van der Waals surface area contributed by atoms with Gasteiger partial charge in [0.2, 0.25) is 0 Å². The van der Waals surface area contributed by atoms with Gasteiger partial charge in [-0.05, 0) is 42.0 Å². The first-order valence-electron chi connectivity index (χ1n) is 9.45. The van der Waals surface area contributed by atoms with Crippen molar-refractivity contribution in [3.05, 3.63) is 71.7 Å². The Morgan fingerprint density at radius 2 is 1.63 bits per heavy atom. The van der Waals surface area contributed by atoms with Crippen molar-refractivity contribution in [3.8, 4) is 0 Å². The van der Waals surface area contributed by atoms with Gasteiger partial charge in [-0.15, -0.1) is 0 Å². The van der Waals surface area contributed by atoms with Gasteiger partial charge in [-0.3, -0.25) is 19.5 Å². The van der Waals surface area contributed by atoms with Crippen LogP contribution in [0.15, 0.2) is 60.6 Å². The molecule has 2 aliphatic rings. The van der Waals surface area contributed by atoms with E-state index in [4.69, 9.17) is 0 Å². The van der Waals surface area contributed by atoms with Gasteiger partial charge < -0.3 is 4.90 Å². The van der Waals surface area contributed by atoms with Gasteiger partial charge >= 0.3 is 0 Å². The molecular weight excluding hydrogens is 338 g/mol. The van der Waals surface area contributed by atoms with Crippen molar-refractivity contribution >= 4 is 17.4 Å². The van der Waals surface area contributed by atoms with Crippen molar-refractivity contribution < 1.29 is 9.59 Å². The number of piperidine rings is 1. The lowest BCUT2D eigenvalue weighted by molar-refractivity contribution is -0.138. The molecule has 2 aliphatic heterocycles. The molecule has 3 heterocycles. The normalized spacial score (nSPS) is 18.6. The second-order valence-electron chi connectivity index (χ2n) is 7.31. The third-order valence-electron chi connectivity index (χ3n) is 5.40. The smallest absolute Gasteiger partial charge is 0.278 e. The van der Waals surface area contributed by atoms with E-state index in [1.807, 2.05) is 42.5 Å². The summed E-state index contributed by atoms with van der Waals surface area (Å²) in [5.41, 5.74) is 2.80. The predicted molar refractivity (Wildman–Crippen MR) is 103 cm³/mol. The zero-order valence-corrected chi connectivity index (χ0v) is 15.5. The highest BCUT2D eigenvalue weighted by Crippen LogP contribution is 2.34. The summed E-state index contributed by atoms with van der Waals surface area (Å²) in [5, 5.41) is 0. The molecule has 138 valence electrons. The van der Waals surface area contributed by atoms with E-state index in [-0.39, 0.29) is 18.4 Å². The molecule has 0 N–H and O–H groups in total. The maximum Gasteiger partial charge on any atom is 0.278 e. The lowest BCUT2D eigenvalue weighted by atomic mass is 9.97. The Balaban J connectivity index is 1.71. The Morgan fingerprint density at radius 3 is 2.30 bits per heavy atom. The number of aromatic nitrogens is 1. The number of carbonyl (C=O) groups is 2. The second kappa shape index (κ2) is 7.35. The highest BCUT2D eigenvalue weighted by molar-refractivity contribution is 6.35. The van der Waals surface area contributed by atoms with Gasteiger partial charge in [0.05, 0.1) is 12.1 Å². The highest BCUT2D eigenvalue weighted by Gasteiger charge is 2.41. The number of benzene rings is 1. The van der Waals surface area contributed by atoms with E-state index in [9.17, 15) is 9.59 Å². The third kappa shape index (κ3) is 3.37. The number of likely N-dealkylation sites (tertiary alicyclic amines) is 1. The van der Waals surface area contributed by atoms with Crippen molar-refractivity contribution in [2.75, 3.05) is 13.1 Å². The molecule has 0 aliphatic carbocycles. The Kier molecular flexibility index (Phi) is 4.75. The molecule has 0 radical (unpaired) electrons. The molecule has 4 rings (SSSR count). The zero-order valence-electron chi connectivity index (χ0n) is 15.5. The summed E-state index contributed by atoms with van der Waals surface area (Å²) in [6, 6.07) is 13.2. The van der Waals surface area contributed by atoms with Gasteiger partial charge in [-0.1, -0.05) is 37.3 Å². The van der Waals surface area contributed by atoms with E-state index in [0.29, 0.717) is 17.2 Å². The second-order valence-corrected chi connectivity index (χ2v) is 7.31. The summed E-state index contributed by atoms with van der Waals surface area (Å²) in [6.45, 7) is 4.13. The number of nitrogens with zero attached hydrogens (tertiary/aromatic N) is 3. The topological polar surface area (TPSA) is 53.5 Å². The Hall–Kier alpha value is -2.95. The number of imide groups is 1. The van der Waals surface area contributed by atoms with E-state index in [1.165, 1.54) is 4.90 Å². The highest BCUT2D eigenvalue weighted by atomic mass is 16.2. The van der Waals surface area contributed by atoms with Crippen LogP contribution < -0.4 is 0 Å². The first-order chi connectivity index (χ1) is 13.1. The van der Waals surface area contributed by atoms with E-state index in [1.54, 1.807) is 12.4 Å². The number of pyridine rings is 1. The number of amides is 2. The van der Waals surface area contributed by atoms with E-state index >= 15 is 0 Å². The minimum Gasteiger partial charge on any atom is -0.366 e. The zero-order chi connectivity index (χ0) is 18.8. The standard InChI is InChI=1S/C22H23N3O2/c1-16-9-13-24(14-10-16)20-19(18-5-3-2-4-6-18)21(26)25(22(20)27)15-17-7-11-23-12-8-17/h2-8,11-12,16H,9-10,13-15H2,1H3. The van der Waals surface area contributed by atoms with Crippen LogP contribution in [0.25, 0.3) is 5.57 Å². The number of hydrogen-bond acceptors (Lipinski definition) is 4. The molecule has 27 heavy (non-hydrogen) atoms. The molecule has 5 heteroatoms. The molecule has 2 aromatic rings. The van der Waals surface area contributed by atoms with Gasteiger partial charge in [-0.25, -0.2) is 0 Å². The molecule has 0 saturated carbocycles. The summed E-state index contributed by atoms with van der Waals surface area (Å²) in [5.74, 6) is 0.254. The number of hydrogen-bond donors (Lipinski definition) is 0. The summed E-state index contributed by atoms with van der Waals surface area (Å²) in [4.78, 5) is 34.0. The minimum absolute atomic E-state index is 0.190. The van der Waals surface area contributed by atoms with Crippen LogP contribution in [0.3, 0.4) is 0 Å². The predicted octanol–water partition coefficient (Wildman–Crippen LogP) is 3.09. The van der Waals surface area contributed by atoms with Crippen LogP contribution in [0.5, 0.6) is 0 Å². The van der Waals surface area contributed by atoms with E-state index in [0.717, 1.165) is 37.1 Å². The Labute approximate surface area is 159 Å². The van der Waals surface area contributed by atoms with Crippen molar-refractivity contribution in [2.24, 2.45) is 5.92 Å². The lowest BCUT2D eigenvalue weighted by Gasteiger charge is -2.32. The largest absolute Gasteiger partial charge is 0.366 e. The Bertz CT molecular complexity index is 869. The van der Waals surface area contributed by atoms with Crippen LogP contribution in [-0.2, 0) is 16.1 Å². The average molecular weight is 361 g/mol. The van der Waals surface area contributed by atoms with Crippen LogP contribution in [0.4, 0.5) is 0 Å². The lowest BCUT2D eigenvalue weighted by Crippen LogP contribution is -2.38. The van der Waals surface area contributed by atoms with Crippen LogP contribution >= 0.6 is 0 Å². The van der Waals surface area contributed by atoms with Crippen LogP contribution in [-0.4, -0.2) is 39.7 Å². The number of carbonyl (C=O) groups excluding carboxylic acids is 2. The molecule has 1 saturated heterocycles. The fourth-order valence-electron chi connectivity index (χ4n) is 3.77. The summed E-state index contributed by atoms with van der Waals surface area (Å²) < 4.78 is 0. The molecule has 1 aromatic carbocycles. The van der Waals surface area contributed by atoms with Crippen LogP contribution in [0.2, 0.25) is 0 Å². The van der Waals surface area contributed by atoms with E-state index in [2.05, 4.69) is 16.8 Å². The van der Waals surface area contributed by atoms with Gasteiger partial charge in [0, 0.05) is 25.5 Å². The van der Waals surface area contributed by atoms with Gasteiger partial charge in [0.25, 0.3) is 11.8 Å². The van der Waals surface area contributed by atoms with Gasteiger partial charge in [0.1, 0.15) is 5.70 Å². The maximum absolute atomic E-state index is 13.3.